The molecule has 87 valence electrons. The van der Waals surface area contributed by atoms with Crippen molar-refractivity contribution >= 4 is 0 Å². The summed E-state index contributed by atoms with van der Waals surface area (Å²) in [6.07, 6.45) is 1.50. The molecule has 2 aromatic rings. The summed E-state index contributed by atoms with van der Waals surface area (Å²) < 4.78 is 1.37. The number of benzene rings is 1. The second kappa shape index (κ2) is 8.32. The van der Waals surface area contributed by atoms with Gasteiger partial charge in [0.25, 0.3) is 0 Å². The number of hydrogen-bond donors (Lipinski definition) is 0. The molecule has 4 heteroatoms. The Morgan fingerprint density at radius 2 is 1.76 bits per heavy atom. The molecule has 1 aromatic carbocycles. The molecule has 0 spiro atoms. The second-order valence-corrected chi connectivity index (χ2v) is 2.97. The van der Waals surface area contributed by atoms with Gasteiger partial charge in [-0.25, -0.2) is 11.2 Å². The minimum absolute atomic E-state index is 0. The smallest absolute Gasteiger partial charge is 0.115 e. The van der Waals surface area contributed by atoms with Crippen LogP contribution in [0.3, 0.4) is 0 Å². The number of rotatable bonds is 1. The third-order valence-electron chi connectivity index (χ3n) is 1.97. The van der Waals surface area contributed by atoms with Crippen molar-refractivity contribution in [3.63, 3.8) is 0 Å². The molecule has 3 nitrogen and oxygen atoms in total. The summed E-state index contributed by atoms with van der Waals surface area (Å²) in [5, 5.41) is 3.96. The van der Waals surface area contributed by atoms with Crippen molar-refractivity contribution in [2.24, 2.45) is 0 Å². The molecular formula is C13H15N2OY-. The van der Waals surface area contributed by atoms with Crippen molar-refractivity contribution in [1.29, 1.82) is 0 Å². The largest absolute Gasteiger partial charge is 0.381 e. The van der Waals surface area contributed by atoms with E-state index in [2.05, 4.69) is 11.2 Å². The van der Waals surface area contributed by atoms with Gasteiger partial charge >= 0.3 is 0 Å². The maximum atomic E-state index is 11.6. The Kier molecular flexibility index (Phi) is 7.93. The van der Waals surface area contributed by atoms with E-state index >= 15 is 0 Å². The predicted molar refractivity (Wildman–Crippen MR) is 64.8 cm³/mol. The number of hydrogen-bond acceptors (Lipinski definition) is 2. The van der Waals surface area contributed by atoms with Crippen LogP contribution in [0.2, 0.25) is 0 Å². The molecule has 0 aliphatic carbocycles. The van der Waals surface area contributed by atoms with E-state index in [1.54, 1.807) is 6.92 Å². The normalized spacial score (nSPS) is 8.65. The average molecular weight is 304 g/mol. The van der Waals surface area contributed by atoms with Crippen LogP contribution in [0.25, 0.3) is 5.69 Å². The van der Waals surface area contributed by atoms with Crippen LogP contribution in [-0.2, 0) is 32.7 Å². The molecule has 0 saturated heterocycles. The Morgan fingerprint density at radius 1 is 1.18 bits per heavy atom. The van der Waals surface area contributed by atoms with Gasteiger partial charge in [-0.1, -0.05) is 39.0 Å². The molecule has 0 aliphatic heterocycles. The third kappa shape index (κ3) is 4.17. The van der Waals surface area contributed by atoms with Gasteiger partial charge in [-0.15, -0.1) is 0 Å². The van der Waals surface area contributed by atoms with Gasteiger partial charge in [0.1, 0.15) is 5.56 Å². The van der Waals surface area contributed by atoms with E-state index < -0.39 is 0 Å². The van der Waals surface area contributed by atoms with Crippen LogP contribution >= 0.6 is 0 Å². The fraction of sp³-hybridized carbons (Fsp3) is 0.231. The first-order valence-corrected chi connectivity index (χ1v) is 5.31. The van der Waals surface area contributed by atoms with Gasteiger partial charge in [-0.2, -0.15) is 5.56 Å². The first kappa shape index (κ1) is 16.2. The van der Waals surface area contributed by atoms with Crippen LogP contribution in [0.4, 0.5) is 0 Å². The topological polar surface area (TPSA) is 34.9 Å². The molecule has 2 rings (SSSR count). The first-order valence-electron chi connectivity index (χ1n) is 5.31. The van der Waals surface area contributed by atoms with Gasteiger partial charge in [0.05, 0.1) is 0 Å². The number of nitrogens with zero attached hydrogens (tertiary/aromatic N) is 2. The van der Waals surface area contributed by atoms with Gasteiger partial charge in [0.2, 0.25) is 0 Å². The number of aromatic nitrogens is 2. The molecular weight excluding hydrogens is 289 g/mol. The standard InChI is InChI=1S/C11H9N2O.C2H6.Y/c1-9-7-8-12-13(11(9)14)10-5-3-2-4-6-10;1-2;/h2-6,8H,1H3;1-2H3;/q-1;;. The fourth-order valence-corrected chi connectivity index (χ4v) is 1.21. The molecule has 0 bridgehead atoms. The summed E-state index contributed by atoms with van der Waals surface area (Å²) in [7, 11) is 0. The average Bonchev–Trinajstić information content (AvgIpc) is 2.36. The maximum Gasteiger partial charge on any atom is 0.115 e. The van der Waals surface area contributed by atoms with Crippen LogP contribution < -0.4 is 5.56 Å². The van der Waals surface area contributed by atoms with Gasteiger partial charge in [-0.05, 0) is 18.3 Å². The zero-order valence-corrected chi connectivity index (χ0v) is 13.2. The van der Waals surface area contributed by atoms with Crippen molar-refractivity contribution < 1.29 is 32.7 Å². The summed E-state index contributed by atoms with van der Waals surface area (Å²) >= 11 is 0. The van der Waals surface area contributed by atoms with Gasteiger partial charge in [0.15, 0.2) is 0 Å². The van der Waals surface area contributed by atoms with Crippen molar-refractivity contribution in [2.75, 3.05) is 0 Å². The van der Waals surface area contributed by atoms with Crippen LogP contribution in [0.1, 0.15) is 19.4 Å². The summed E-state index contributed by atoms with van der Waals surface area (Å²) in [4.78, 5) is 11.6. The van der Waals surface area contributed by atoms with E-state index in [0.29, 0.717) is 5.56 Å². The predicted octanol–water partition coefficient (Wildman–Crippen LogP) is 2.36. The molecule has 17 heavy (non-hydrogen) atoms. The molecule has 1 heterocycles. The first-order chi connectivity index (χ1) is 7.79. The molecule has 0 amide bonds. The molecule has 0 aliphatic rings. The molecule has 1 aromatic heterocycles. The third-order valence-corrected chi connectivity index (χ3v) is 1.97. The summed E-state index contributed by atoms with van der Waals surface area (Å²) in [6, 6.07) is 12.1. The van der Waals surface area contributed by atoms with Crippen LogP contribution in [0.15, 0.2) is 41.3 Å². The van der Waals surface area contributed by atoms with Gasteiger partial charge in [0, 0.05) is 38.4 Å². The Bertz CT molecular complexity index is 494. The quantitative estimate of drug-likeness (QED) is 0.758. The fourth-order valence-electron chi connectivity index (χ4n) is 1.21. The number of aryl methyl sites for hydroxylation is 1. The van der Waals surface area contributed by atoms with Crippen molar-refractivity contribution in [3.8, 4) is 5.69 Å². The van der Waals surface area contributed by atoms with Crippen molar-refractivity contribution in [2.45, 2.75) is 20.8 Å². The Hall–Kier alpha value is -0.796. The Labute approximate surface area is 127 Å². The van der Waals surface area contributed by atoms with Crippen LogP contribution in [0, 0.1) is 13.0 Å². The molecule has 0 N–H and O–H groups in total. The minimum atomic E-state index is -0.126. The van der Waals surface area contributed by atoms with E-state index in [1.165, 1.54) is 10.9 Å². The zero-order valence-electron chi connectivity index (χ0n) is 10.3. The van der Waals surface area contributed by atoms with Crippen LogP contribution in [-0.4, -0.2) is 9.78 Å². The van der Waals surface area contributed by atoms with Crippen molar-refractivity contribution in [3.05, 3.63) is 58.5 Å². The minimum Gasteiger partial charge on any atom is -0.381 e. The Balaban J connectivity index is 0.000000811. The monoisotopic (exact) mass is 304 g/mol. The van der Waals surface area contributed by atoms with E-state index in [4.69, 9.17) is 0 Å². The van der Waals surface area contributed by atoms with E-state index in [1.807, 2.05) is 44.2 Å². The summed E-state index contributed by atoms with van der Waals surface area (Å²) in [5.74, 6) is 0. The maximum absolute atomic E-state index is 11.6. The molecule has 0 atom stereocenters. The Morgan fingerprint density at radius 3 is 2.35 bits per heavy atom. The molecule has 0 unspecified atom stereocenters. The number of para-hydroxylation sites is 1. The van der Waals surface area contributed by atoms with Crippen molar-refractivity contribution in [1.82, 2.24) is 9.78 Å². The summed E-state index contributed by atoms with van der Waals surface area (Å²) in [6.45, 7) is 5.73. The molecule has 1 radical (unpaired) electrons. The van der Waals surface area contributed by atoms with Crippen LogP contribution in [0.5, 0.6) is 0 Å². The molecule has 0 saturated carbocycles. The summed E-state index contributed by atoms with van der Waals surface area (Å²) in [5.41, 5.74) is 1.22. The van der Waals surface area contributed by atoms with Gasteiger partial charge in [-0.3, -0.25) is 4.68 Å². The SMILES string of the molecule is CC.Cc1[c-]cnn(-c2ccccc2)c1=O.[Y]. The van der Waals surface area contributed by atoms with E-state index in [0.717, 1.165) is 5.69 Å². The second-order valence-electron chi connectivity index (χ2n) is 2.97. The van der Waals surface area contributed by atoms with E-state index in [-0.39, 0.29) is 38.3 Å². The van der Waals surface area contributed by atoms with E-state index in [9.17, 15) is 4.79 Å². The molecule has 0 fully saturated rings. The zero-order chi connectivity index (χ0) is 12.0. The van der Waals surface area contributed by atoms with Gasteiger partial charge < -0.3 is 4.79 Å².